The average molecular weight is 186 g/mol. The Morgan fingerprint density at radius 1 is 1.23 bits per heavy atom. The summed E-state index contributed by atoms with van der Waals surface area (Å²) < 4.78 is 0. The molecule has 0 radical (unpaired) electrons. The highest BCUT2D eigenvalue weighted by Gasteiger charge is 2.17. The summed E-state index contributed by atoms with van der Waals surface area (Å²) in [5.41, 5.74) is 0. The molecule has 13 heavy (non-hydrogen) atoms. The molecular weight excluding hydrogens is 160 g/mol. The van der Waals surface area contributed by atoms with Gasteiger partial charge in [0, 0.05) is 12.6 Å². The van der Waals surface area contributed by atoms with Gasteiger partial charge in [-0.3, -0.25) is 4.90 Å². The maximum atomic E-state index is 2.56. The van der Waals surface area contributed by atoms with Gasteiger partial charge in [0.05, 0.1) is 0 Å². The van der Waals surface area contributed by atoms with Crippen molar-refractivity contribution in [2.24, 2.45) is 0 Å². The van der Waals surface area contributed by atoms with Crippen LogP contribution in [0.3, 0.4) is 0 Å². The number of nitrogens with zero attached hydrogens (tertiary/aromatic N) is 2. The largest absolute Gasteiger partial charge is 0.305 e. The van der Waals surface area contributed by atoms with Gasteiger partial charge in [0.1, 0.15) is 0 Å². The molecule has 0 bridgehead atoms. The molecule has 0 aromatic heterocycles. The molecule has 0 amide bonds. The molecular formula is C11H26N2. The van der Waals surface area contributed by atoms with Crippen molar-refractivity contribution in [1.82, 2.24) is 9.80 Å². The Bertz CT molecular complexity index is 115. The topological polar surface area (TPSA) is 6.48 Å². The van der Waals surface area contributed by atoms with E-state index in [1.807, 2.05) is 13.8 Å². The third kappa shape index (κ3) is 4.63. The SMILES string of the molecule is CC.CCN1CCCN(C)C[C@H]1C. The zero-order valence-electron chi connectivity index (χ0n) is 10.0. The minimum atomic E-state index is 0.743. The molecule has 1 fully saturated rings. The Morgan fingerprint density at radius 2 is 1.85 bits per heavy atom. The molecule has 1 aliphatic heterocycles. The Balaban J connectivity index is 0.000000671. The lowest BCUT2D eigenvalue weighted by molar-refractivity contribution is 0.212. The molecule has 2 heteroatoms. The van der Waals surface area contributed by atoms with E-state index in [0.29, 0.717) is 0 Å². The van der Waals surface area contributed by atoms with Gasteiger partial charge in [0.2, 0.25) is 0 Å². The van der Waals surface area contributed by atoms with Gasteiger partial charge in [-0.1, -0.05) is 20.8 Å². The molecule has 1 rings (SSSR count). The van der Waals surface area contributed by atoms with Crippen LogP contribution in [0.4, 0.5) is 0 Å². The van der Waals surface area contributed by atoms with E-state index in [1.165, 1.54) is 32.6 Å². The van der Waals surface area contributed by atoms with Gasteiger partial charge in [-0.25, -0.2) is 0 Å². The minimum absolute atomic E-state index is 0.743. The second-order valence-electron chi connectivity index (χ2n) is 3.59. The normalized spacial score (nSPS) is 26.1. The maximum absolute atomic E-state index is 2.56. The highest BCUT2D eigenvalue weighted by Crippen LogP contribution is 2.06. The first-order valence-corrected chi connectivity index (χ1v) is 5.66. The Hall–Kier alpha value is -0.0800. The first-order valence-electron chi connectivity index (χ1n) is 5.66. The predicted octanol–water partition coefficient (Wildman–Crippen LogP) is 2.06. The van der Waals surface area contributed by atoms with Crippen LogP contribution in [0.25, 0.3) is 0 Å². The molecule has 0 aromatic carbocycles. The van der Waals surface area contributed by atoms with Crippen LogP contribution in [0.15, 0.2) is 0 Å². The molecule has 1 heterocycles. The second kappa shape index (κ2) is 7.34. The molecule has 0 spiro atoms. The van der Waals surface area contributed by atoms with Crippen molar-refractivity contribution in [3.63, 3.8) is 0 Å². The highest BCUT2D eigenvalue weighted by molar-refractivity contribution is 4.73. The van der Waals surface area contributed by atoms with Crippen molar-refractivity contribution in [1.29, 1.82) is 0 Å². The molecule has 0 N–H and O–H groups in total. The van der Waals surface area contributed by atoms with Crippen molar-refractivity contribution in [2.75, 3.05) is 33.2 Å². The zero-order chi connectivity index (χ0) is 10.3. The van der Waals surface area contributed by atoms with E-state index in [-0.39, 0.29) is 0 Å². The molecule has 0 aliphatic carbocycles. The predicted molar refractivity (Wildman–Crippen MR) is 60.2 cm³/mol. The molecule has 1 aliphatic rings. The van der Waals surface area contributed by atoms with Crippen molar-refractivity contribution >= 4 is 0 Å². The maximum Gasteiger partial charge on any atom is 0.0194 e. The lowest BCUT2D eigenvalue weighted by Gasteiger charge is -2.26. The fourth-order valence-electron chi connectivity index (χ4n) is 1.89. The summed E-state index contributed by atoms with van der Waals surface area (Å²) in [6.45, 7) is 13.6. The lowest BCUT2D eigenvalue weighted by atomic mass is 10.3. The van der Waals surface area contributed by atoms with Gasteiger partial charge in [0.25, 0.3) is 0 Å². The standard InChI is InChI=1S/C9H20N2.C2H6/c1-4-11-7-5-6-10(3)8-9(11)2;1-2/h9H,4-8H2,1-3H3;1-2H3/t9-;/m1./s1. The molecule has 0 unspecified atom stereocenters. The monoisotopic (exact) mass is 186 g/mol. The lowest BCUT2D eigenvalue weighted by Crippen LogP contribution is -2.37. The Labute approximate surface area is 83.9 Å². The van der Waals surface area contributed by atoms with Gasteiger partial charge in [-0.05, 0) is 40.0 Å². The van der Waals surface area contributed by atoms with Crippen molar-refractivity contribution in [3.8, 4) is 0 Å². The average Bonchev–Trinajstić information content (AvgIpc) is 2.30. The first kappa shape index (κ1) is 12.9. The van der Waals surface area contributed by atoms with E-state index < -0.39 is 0 Å². The van der Waals surface area contributed by atoms with E-state index in [9.17, 15) is 0 Å². The van der Waals surface area contributed by atoms with Crippen molar-refractivity contribution in [3.05, 3.63) is 0 Å². The van der Waals surface area contributed by atoms with E-state index >= 15 is 0 Å². The number of rotatable bonds is 1. The summed E-state index contributed by atoms with van der Waals surface area (Å²) in [5, 5.41) is 0. The first-order chi connectivity index (χ1) is 6.24. The van der Waals surface area contributed by atoms with Crippen LogP contribution in [-0.2, 0) is 0 Å². The summed E-state index contributed by atoms with van der Waals surface area (Å²) in [7, 11) is 2.22. The van der Waals surface area contributed by atoms with Crippen LogP contribution in [0, 0.1) is 0 Å². The summed E-state index contributed by atoms with van der Waals surface area (Å²) in [6, 6.07) is 0.743. The molecule has 1 saturated heterocycles. The number of hydrogen-bond donors (Lipinski definition) is 0. The van der Waals surface area contributed by atoms with Gasteiger partial charge >= 0.3 is 0 Å². The summed E-state index contributed by atoms with van der Waals surface area (Å²) >= 11 is 0. The summed E-state index contributed by atoms with van der Waals surface area (Å²) in [5.74, 6) is 0. The minimum Gasteiger partial charge on any atom is -0.305 e. The molecule has 80 valence electrons. The number of likely N-dealkylation sites (N-methyl/N-ethyl adjacent to an activating group) is 2. The van der Waals surface area contributed by atoms with Crippen LogP contribution >= 0.6 is 0 Å². The highest BCUT2D eigenvalue weighted by atomic mass is 15.2. The number of hydrogen-bond acceptors (Lipinski definition) is 2. The van der Waals surface area contributed by atoms with E-state index in [1.54, 1.807) is 0 Å². The van der Waals surface area contributed by atoms with Gasteiger partial charge < -0.3 is 4.90 Å². The third-order valence-corrected chi connectivity index (χ3v) is 2.59. The van der Waals surface area contributed by atoms with E-state index in [0.717, 1.165) is 6.04 Å². The summed E-state index contributed by atoms with van der Waals surface area (Å²) in [6.07, 6.45) is 1.33. The fourth-order valence-corrected chi connectivity index (χ4v) is 1.89. The second-order valence-corrected chi connectivity index (χ2v) is 3.59. The van der Waals surface area contributed by atoms with Crippen LogP contribution in [0.1, 0.15) is 34.1 Å². The van der Waals surface area contributed by atoms with E-state index in [4.69, 9.17) is 0 Å². The van der Waals surface area contributed by atoms with Crippen LogP contribution in [-0.4, -0.2) is 49.1 Å². The molecule has 2 nitrogen and oxygen atoms in total. The Morgan fingerprint density at radius 3 is 2.38 bits per heavy atom. The van der Waals surface area contributed by atoms with Crippen LogP contribution < -0.4 is 0 Å². The van der Waals surface area contributed by atoms with Crippen molar-refractivity contribution < 1.29 is 0 Å². The van der Waals surface area contributed by atoms with Crippen molar-refractivity contribution in [2.45, 2.75) is 40.2 Å². The van der Waals surface area contributed by atoms with Crippen LogP contribution in [0.5, 0.6) is 0 Å². The molecule has 1 atom stereocenters. The molecule has 0 saturated carbocycles. The quantitative estimate of drug-likeness (QED) is 0.618. The smallest absolute Gasteiger partial charge is 0.0194 e. The van der Waals surface area contributed by atoms with Gasteiger partial charge in [-0.2, -0.15) is 0 Å². The van der Waals surface area contributed by atoms with Gasteiger partial charge in [0.15, 0.2) is 0 Å². The van der Waals surface area contributed by atoms with E-state index in [2.05, 4.69) is 30.7 Å². The van der Waals surface area contributed by atoms with Gasteiger partial charge in [-0.15, -0.1) is 0 Å². The molecule has 0 aromatic rings. The zero-order valence-corrected chi connectivity index (χ0v) is 10.0. The third-order valence-electron chi connectivity index (χ3n) is 2.59. The summed E-state index contributed by atoms with van der Waals surface area (Å²) in [4.78, 5) is 4.99. The Kier molecular flexibility index (Phi) is 7.29. The fraction of sp³-hybridized carbons (Fsp3) is 1.00. The van der Waals surface area contributed by atoms with Crippen LogP contribution in [0.2, 0.25) is 0 Å².